The van der Waals surface area contributed by atoms with Gasteiger partial charge in [-0.2, -0.15) is 0 Å². The summed E-state index contributed by atoms with van der Waals surface area (Å²) in [6.07, 6.45) is 11.2. The first-order valence-corrected chi connectivity index (χ1v) is 18.1. The van der Waals surface area contributed by atoms with Crippen molar-refractivity contribution in [3.8, 4) is 17.0 Å². The Morgan fingerprint density at radius 2 is 1.70 bits per heavy atom. The second-order valence-electron chi connectivity index (χ2n) is 15.6. The molecule has 236 valence electrons. The molecule has 6 rings (SSSR count). The lowest BCUT2D eigenvalue weighted by Crippen LogP contribution is -2.52. The van der Waals surface area contributed by atoms with Crippen molar-refractivity contribution >= 4 is 15.9 Å². The third-order valence-corrected chi connectivity index (χ3v) is 12.5. The number of sulfonamides is 1. The van der Waals surface area contributed by atoms with Gasteiger partial charge in [0.1, 0.15) is 5.75 Å². The number of nitrogens with zero attached hydrogens (tertiary/aromatic N) is 1. The van der Waals surface area contributed by atoms with Crippen molar-refractivity contribution in [1.82, 2.24) is 14.6 Å². The van der Waals surface area contributed by atoms with Crippen LogP contribution in [0.1, 0.15) is 126 Å². The van der Waals surface area contributed by atoms with Gasteiger partial charge >= 0.3 is 0 Å². The molecule has 8 heteroatoms. The average molecular weight is 610 g/mol. The molecule has 1 spiro atoms. The first kappa shape index (κ1) is 30.7. The number of amides is 1. The maximum atomic E-state index is 13.8. The summed E-state index contributed by atoms with van der Waals surface area (Å²) in [5, 5.41) is 2.77. The Labute approximate surface area is 258 Å². The molecule has 2 aromatic rings. The van der Waals surface area contributed by atoms with E-state index < -0.39 is 15.6 Å². The van der Waals surface area contributed by atoms with Crippen molar-refractivity contribution in [3.05, 3.63) is 40.6 Å². The quantitative estimate of drug-likeness (QED) is 0.329. The van der Waals surface area contributed by atoms with E-state index in [1.165, 1.54) is 56.1 Å². The van der Waals surface area contributed by atoms with Gasteiger partial charge in [0.25, 0.3) is 5.91 Å². The molecule has 7 nitrogen and oxygen atoms in total. The van der Waals surface area contributed by atoms with Gasteiger partial charge in [0.2, 0.25) is 10.0 Å². The molecule has 4 aliphatic rings. The minimum absolute atomic E-state index is 0.0804. The number of ether oxygens (including phenoxy) is 1. The fourth-order valence-electron chi connectivity index (χ4n) is 7.29. The zero-order chi connectivity index (χ0) is 30.8. The molecule has 2 N–H and O–H groups in total. The second kappa shape index (κ2) is 10.9. The van der Waals surface area contributed by atoms with E-state index in [1.807, 2.05) is 13.8 Å². The number of hydrogen-bond acceptors (Lipinski definition) is 4. The Balaban J connectivity index is 1.36. The summed E-state index contributed by atoms with van der Waals surface area (Å²) < 4.78 is 36.7. The predicted octanol–water partition coefficient (Wildman–Crippen LogP) is 6.75. The van der Waals surface area contributed by atoms with Crippen molar-refractivity contribution in [3.63, 3.8) is 0 Å². The highest BCUT2D eigenvalue weighted by Gasteiger charge is 2.49. The number of benzene rings is 1. The monoisotopic (exact) mass is 609 g/mol. The highest BCUT2D eigenvalue weighted by molar-refractivity contribution is 7.90. The van der Waals surface area contributed by atoms with Gasteiger partial charge in [-0.3, -0.25) is 4.79 Å². The Morgan fingerprint density at radius 1 is 1.00 bits per heavy atom. The normalized spacial score (nSPS) is 20.5. The number of carbonyl (C=O) groups excluding carboxylic acids is 1. The SMILES string of the molecule is Cc1c(C(=O)NCC(C)(C)NS(=O)(=O)C2CC2)cc(-c2cc(C(C)(C)C)c3c(c2)C2(CCO3)CC2)n1CC1CCCCC1. The van der Waals surface area contributed by atoms with Gasteiger partial charge in [0.05, 0.1) is 17.4 Å². The van der Waals surface area contributed by atoms with Gasteiger partial charge in [0.15, 0.2) is 0 Å². The second-order valence-corrected chi connectivity index (χ2v) is 17.5. The van der Waals surface area contributed by atoms with E-state index in [0.29, 0.717) is 24.3 Å². The molecule has 0 radical (unpaired) electrons. The molecule has 1 aromatic carbocycles. The van der Waals surface area contributed by atoms with Crippen LogP contribution in [0.4, 0.5) is 0 Å². The standard InChI is InChI=1S/C35H51N3O4S/c1-23-27(32(39)36-22-34(5,6)37-43(40,41)26-12-13-26)20-30(38(23)21-24-10-8-7-9-11-24)25-18-28(33(2,3)4)31-29(19-25)35(14-15-35)16-17-42-31/h18-20,24,26,37H,7-17,21-22H2,1-6H3,(H,36,39). The summed E-state index contributed by atoms with van der Waals surface area (Å²) >= 11 is 0. The van der Waals surface area contributed by atoms with Crippen LogP contribution >= 0.6 is 0 Å². The van der Waals surface area contributed by atoms with Gasteiger partial charge in [0, 0.05) is 46.6 Å². The molecular formula is C35H51N3O4S. The van der Waals surface area contributed by atoms with Crippen molar-refractivity contribution in [2.75, 3.05) is 13.2 Å². The molecule has 0 saturated heterocycles. The zero-order valence-corrected chi connectivity index (χ0v) is 27.9. The lowest BCUT2D eigenvalue weighted by molar-refractivity contribution is 0.0943. The minimum Gasteiger partial charge on any atom is -0.493 e. The van der Waals surface area contributed by atoms with Crippen molar-refractivity contribution in [2.24, 2.45) is 5.92 Å². The Bertz CT molecular complexity index is 1480. The van der Waals surface area contributed by atoms with Crippen molar-refractivity contribution in [2.45, 2.75) is 134 Å². The molecule has 0 unspecified atom stereocenters. The van der Waals surface area contributed by atoms with Gasteiger partial charge in [-0.05, 0) is 101 Å². The predicted molar refractivity (Wildman–Crippen MR) is 172 cm³/mol. The van der Waals surface area contributed by atoms with E-state index in [-0.39, 0.29) is 28.5 Å². The van der Waals surface area contributed by atoms with Gasteiger partial charge in [-0.15, -0.1) is 0 Å². The fourth-order valence-corrected chi connectivity index (χ4v) is 9.06. The number of aromatic nitrogens is 1. The van der Waals surface area contributed by atoms with Crippen molar-refractivity contribution in [1.29, 1.82) is 0 Å². The minimum atomic E-state index is -3.36. The van der Waals surface area contributed by atoms with Gasteiger partial charge in [-0.25, -0.2) is 13.1 Å². The lowest BCUT2D eigenvalue weighted by atomic mass is 9.79. The number of carbonyl (C=O) groups is 1. The van der Waals surface area contributed by atoms with Crippen LogP contribution in [0.25, 0.3) is 11.3 Å². The van der Waals surface area contributed by atoms with Crippen LogP contribution in [0, 0.1) is 12.8 Å². The number of rotatable bonds is 9. The van der Waals surface area contributed by atoms with E-state index in [4.69, 9.17) is 4.74 Å². The van der Waals surface area contributed by atoms with E-state index >= 15 is 0 Å². The van der Waals surface area contributed by atoms with E-state index in [0.717, 1.165) is 42.3 Å². The summed E-state index contributed by atoms with van der Waals surface area (Å²) in [6.45, 7) is 14.4. The molecule has 0 bridgehead atoms. The molecule has 1 aromatic heterocycles. The van der Waals surface area contributed by atoms with E-state index in [9.17, 15) is 13.2 Å². The molecular weight excluding hydrogens is 558 g/mol. The first-order valence-electron chi connectivity index (χ1n) is 16.5. The van der Waals surface area contributed by atoms with Crippen LogP contribution in [-0.4, -0.2) is 42.8 Å². The van der Waals surface area contributed by atoms with Crippen LogP contribution in [0.5, 0.6) is 5.75 Å². The summed E-state index contributed by atoms with van der Waals surface area (Å²) in [5.74, 6) is 1.52. The summed E-state index contributed by atoms with van der Waals surface area (Å²) in [5.41, 5.74) is 5.86. The number of nitrogens with one attached hydrogen (secondary N) is 2. The Hall–Kier alpha value is -2.32. The topological polar surface area (TPSA) is 89.4 Å². The highest BCUT2D eigenvalue weighted by Crippen LogP contribution is 2.58. The first-order chi connectivity index (χ1) is 20.2. The average Bonchev–Trinajstić information content (AvgIpc) is 3.87. The third-order valence-electron chi connectivity index (χ3n) is 10.3. The molecule has 3 aliphatic carbocycles. The summed E-state index contributed by atoms with van der Waals surface area (Å²) in [6, 6.07) is 6.75. The molecule has 3 fully saturated rings. The summed E-state index contributed by atoms with van der Waals surface area (Å²) in [7, 11) is -3.36. The summed E-state index contributed by atoms with van der Waals surface area (Å²) in [4.78, 5) is 13.8. The number of hydrogen-bond donors (Lipinski definition) is 2. The molecule has 2 heterocycles. The van der Waals surface area contributed by atoms with Crippen LogP contribution in [0.15, 0.2) is 18.2 Å². The van der Waals surface area contributed by atoms with E-state index in [1.54, 1.807) is 0 Å². The zero-order valence-electron chi connectivity index (χ0n) is 27.1. The Morgan fingerprint density at radius 3 is 2.33 bits per heavy atom. The lowest BCUT2D eigenvalue weighted by Gasteiger charge is -2.33. The highest BCUT2D eigenvalue weighted by atomic mass is 32.2. The van der Waals surface area contributed by atoms with Crippen molar-refractivity contribution < 1.29 is 17.9 Å². The molecule has 3 saturated carbocycles. The van der Waals surface area contributed by atoms with E-state index in [2.05, 4.69) is 60.5 Å². The van der Waals surface area contributed by atoms with Crippen LogP contribution in [0.3, 0.4) is 0 Å². The molecule has 1 aliphatic heterocycles. The number of fused-ring (bicyclic) bond motifs is 2. The van der Waals surface area contributed by atoms with Gasteiger partial charge in [-0.1, -0.05) is 40.0 Å². The van der Waals surface area contributed by atoms with Crippen LogP contribution in [-0.2, 0) is 27.4 Å². The largest absolute Gasteiger partial charge is 0.493 e. The molecule has 43 heavy (non-hydrogen) atoms. The maximum Gasteiger partial charge on any atom is 0.253 e. The van der Waals surface area contributed by atoms with Gasteiger partial charge < -0.3 is 14.6 Å². The third kappa shape index (κ3) is 6.28. The molecule has 1 amide bonds. The fraction of sp³-hybridized carbons (Fsp3) is 0.686. The molecule has 0 atom stereocenters. The maximum absolute atomic E-state index is 13.8. The van der Waals surface area contributed by atoms with Crippen LogP contribution < -0.4 is 14.8 Å². The van der Waals surface area contributed by atoms with Crippen LogP contribution in [0.2, 0.25) is 0 Å². The smallest absolute Gasteiger partial charge is 0.253 e. The Kier molecular flexibility index (Phi) is 7.81.